The predicted octanol–water partition coefficient (Wildman–Crippen LogP) is 10.2. The van der Waals surface area contributed by atoms with Crippen molar-refractivity contribution in [1.82, 2.24) is 9.88 Å². The monoisotopic (exact) mass is 608 g/mol. The van der Waals surface area contributed by atoms with Crippen LogP contribution >= 0.6 is 11.3 Å². The molecule has 218 valence electrons. The Morgan fingerprint density at radius 3 is 2.04 bits per heavy atom. The number of para-hydroxylation sites is 1. The van der Waals surface area contributed by atoms with Gasteiger partial charge in [-0.05, 0) is 69.9 Å². The molecule has 0 fully saturated rings. The van der Waals surface area contributed by atoms with E-state index in [4.69, 9.17) is 9.98 Å². The first kappa shape index (κ1) is 26.6. The lowest BCUT2D eigenvalue weighted by Crippen LogP contribution is -2.33. The Bertz CT molecular complexity index is 2420. The van der Waals surface area contributed by atoms with Crippen LogP contribution in [0.4, 0.5) is 0 Å². The van der Waals surface area contributed by atoms with Gasteiger partial charge in [-0.1, -0.05) is 109 Å². The van der Waals surface area contributed by atoms with Crippen LogP contribution in [0.15, 0.2) is 167 Å². The van der Waals surface area contributed by atoms with Gasteiger partial charge in [-0.15, -0.1) is 11.3 Å². The van der Waals surface area contributed by atoms with Crippen molar-refractivity contribution in [3.05, 3.63) is 174 Å². The zero-order valence-electron chi connectivity index (χ0n) is 24.8. The van der Waals surface area contributed by atoms with E-state index in [2.05, 4.69) is 155 Å². The molecule has 1 aliphatic heterocycles. The summed E-state index contributed by atoms with van der Waals surface area (Å²) in [6, 6.07) is 53.4. The average Bonchev–Trinajstić information content (AvgIpc) is 3.75. The van der Waals surface area contributed by atoms with Crippen LogP contribution in [-0.4, -0.2) is 16.2 Å². The van der Waals surface area contributed by atoms with Crippen molar-refractivity contribution in [2.45, 2.75) is 6.17 Å². The number of hydrogen-bond donors (Lipinski definition) is 1. The third-order valence-corrected chi connectivity index (χ3v) is 9.71. The van der Waals surface area contributed by atoms with E-state index in [1.807, 2.05) is 23.5 Å². The highest BCUT2D eigenvalue weighted by atomic mass is 32.1. The lowest BCUT2D eigenvalue weighted by molar-refractivity contribution is 0.674. The maximum absolute atomic E-state index is 5.10. The molecule has 1 N–H and O–H groups in total. The number of nitrogens with one attached hydrogen (secondary N) is 1. The number of thiophene rings is 1. The summed E-state index contributed by atoms with van der Waals surface area (Å²) in [5.74, 6) is 1.52. The second-order valence-corrected chi connectivity index (χ2v) is 12.4. The van der Waals surface area contributed by atoms with Crippen molar-refractivity contribution in [2.24, 2.45) is 9.98 Å². The molecule has 1 unspecified atom stereocenters. The van der Waals surface area contributed by atoms with Crippen molar-refractivity contribution in [2.75, 3.05) is 0 Å². The summed E-state index contributed by atoms with van der Waals surface area (Å²) in [6.45, 7) is 0. The fraction of sp³-hybridized carbons (Fsp3) is 0.0244. The zero-order valence-corrected chi connectivity index (χ0v) is 25.7. The second-order valence-electron chi connectivity index (χ2n) is 11.5. The molecule has 3 heterocycles. The van der Waals surface area contributed by atoms with Crippen LogP contribution in [0.3, 0.4) is 0 Å². The Labute approximate surface area is 270 Å². The molecule has 5 heteroatoms. The number of rotatable bonds is 5. The van der Waals surface area contributed by atoms with Crippen LogP contribution in [0, 0.1) is 0 Å². The van der Waals surface area contributed by atoms with E-state index in [9.17, 15) is 0 Å². The van der Waals surface area contributed by atoms with Gasteiger partial charge in [0.1, 0.15) is 12.0 Å². The van der Waals surface area contributed by atoms with Crippen molar-refractivity contribution in [1.29, 1.82) is 0 Å². The molecular formula is C41H28N4S. The molecule has 0 saturated carbocycles. The largest absolute Gasteiger partial charge is 0.344 e. The first-order valence-corrected chi connectivity index (χ1v) is 16.3. The molecule has 8 aromatic rings. The van der Waals surface area contributed by atoms with E-state index in [0.717, 1.165) is 28.2 Å². The summed E-state index contributed by atoms with van der Waals surface area (Å²) in [5, 5.41) is 9.65. The van der Waals surface area contributed by atoms with Gasteiger partial charge in [0.25, 0.3) is 0 Å². The quantitative estimate of drug-likeness (QED) is 0.208. The van der Waals surface area contributed by atoms with E-state index in [1.54, 1.807) is 0 Å². The Balaban J connectivity index is 1.12. The summed E-state index contributed by atoms with van der Waals surface area (Å²) in [7, 11) is 0. The molecule has 0 radical (unpaired) electrons. The smallest absolute Gasteiger partial charge is 0.159 e. The molecular weight excluding hydrogens is 581 g/mol. The minimum absolute atomic E-state index is 0.247. The summed E-state index contributed by atoms with van der Waals surface area (Å²) in [5.41, 5.74) is 8.99. The van der Waals surface area contributed by atoms with E-state index < -0.39 is 0 Å². The van der Waals surface area contributed by atoms with Gasteiger partial charge in [0.2, 0.25) is 0 Å². The van der Waals surface area contributed by atoms with Gasteiger partial charge in [0.15, 0.2) is 5.84 Å². The molecule has 46 heavy (non-hydrogen) atoms. The Morgan fingerprint density at radius 2 is 1.24 bits per heavy atom. The van der Waals surface area contributed by atoms with Gasteiger partial charge in [-0.3, -0.25) is 0 Å². The predicted molar refractivity (Wildman–Crippen MR) is 193 cm³/mol. The minimum atomic E-state index is -0.247. The molecule has 1 atom stereocenters. The Hall–Kier alpha value is -5.78. The maximum atomic E-state index is 5.10. The molecule has 0 aliphatic carbocycles. The van der Waals surface area contributed by atoms with Crippen LogP contribution in [0.25, 0.3) is 48.7 Å². The topological polar surface area (TPSA) is 41.7 Å². The number of amidine groups is 2. The fourth-order valence-electron chi connectivity index (χ4n) is 6.50. The molecule has 2 aromatic heterocycles. The maximum Gasteiger partial charge on any atom is 0.159 e. The number of fused-ring (bicyclic) bond motifs is 5. The van der Waals surface area contributed by atoms with E-state index in [-0.39, 0.29) is 6.17 Å². The van der Waals surface area contributed by atoms with Crippen molar-refractivity contribution < 1.29 is 0 Å². The standard InChI is InChI=1S/C41H28N4S/c1-3-9-27(10-4-1)28-15-17-31(18-16-28)40-42-39(30-11-5-2-6-12-30)43-41(44-40)32-19-22-33(23-20-32)45-35-14-8-7-13-34(35)37-36(45)24-21-29-25-26-46-38(29)37/h1-26,39H,(H,42,43,44). The molecule has 0 amide bonds. The van der Waals surface area contributed by atoms with Crippen LogP contribution in [0.2, 0.25) is 0 Å². The first-order valence-electron chi connectivity index (χ1n) is 15.4. The SMILES string of the molecule is c1ccc(-c2ccc(C3=NC(c4ccc(-n5c6ccccc6c6c7sccc7ccc65)cc4)=NC(c4ccccc4)N3)cc2)cc1. The van der Waals surface area contributed by atoms with E-state index in [0.29, 0.717) is 5.84 Å². The molecule has 0 spiro atoms. The van der Waals surface area contributed by atoms with Crippen molar-refractivity contribution in [3.8, 4) is 16.8 Å². The average molecular weight is 609 g/mol. The van der Waals surface area contributed by atoms with Crippen LogP contribution in [0.1, 0.15) is 22.9 Å². The molecule has 0 saturated heterocycles. The number of benzene rings is 6. The first-order chi connectivity index (χ1) is 22.8. The van der Waals surface area contributed by atoms with Crippen molar-refractivity contribution in [3.63, 3.8) is 0 Å². The van der Waals surface area contributed by atoms with Gasteiger partial charge in [0.05, 0.1) is 11.0 Å². The highest BCUT2D eigenvalue weighted by Crippen LogP contribution is 2.39. The highest BCUT2D eigenvalue weighted by Gasteiger charge is 2.21. The van der Waals surface area contributed by atoms with Crippen LogP contribution in [0.5, 0.6) is 0 Å². The van der Waals surface area contributed by atoms with Gasteiger partial charge < -0.3 is 9.88 Å². The molecule has 9 rings (SSSR count). The fourth-order valence-corrected chi connectivity index (χ4v) is 7.45. The van der Waals surface area contributed by atoms with Crippen molar-refractivity contribution >= 4 is 54.9 Å². The molecule has 1 aliphatic rings. The number of hydrogen-bond acceptors (Lipinski definition) is 4. The Morgan fingerprint density at radius 1 is 0.565 bits per heavy atom. The lowest BCUT2D eigenvalue weighted by Gasteiger charge is -2.24. The minimum Gasteiger partial charge on any atom is -0.344 e. The third-order valence-electron chi connectivity index (χ3n) is 8.76. The van der Waals surface area contributed by atoms with Gasteiger partial charge >= 0.3 is 0 Å². The highest BCUT2D eigenvalue weighted by molar-refractivity contribution is 7.18. The lowest BCUT2D eigenvalue weighted by atomic mass is 10.0. The molecule has 4 nitrogen and oxygen atoms in total. The van der Waals surface area contributed by atoms with E-state index in [1.165, 1.54) is 43.0 Å². The number of nitrogens with zero attached hydrogens (tertiary/aromatic N) is 3. The second kappa shape index (κ2) is 11.0. The third kappa shape index (κ3) is 4.52. The summed E-state index contributed by atoms with van der Waals surface area (Å²) >= 11 is 1.81. The molecule has 0 bridgehead atoms. The zero-order chi connectivity index (χ0) is 30.5. The number of aliphatic imine (C=N–C) groups is 2. The summed E-state index contributed by atoms with van der Waals surface area (Å²) in [4.78, 5) is 10.2. The summed E-state index contributed by atoms with van der Waals surface area (Å²) < 4.78 is 3.70. The van der Waals surface area contributed by atoms with Gasteiger partial charge in [0, 0.05) is 32.3 Å². The van der Waals surface area contributed by atoms with Gasteiger partial charge in [-0.25, -0.2) is 9.98 Å². The van der Waals surface area contributed by atoms with Crippen LogP contribution in [-0.2, 0) is 0 Å². The summed E-state index contributed by atoms with van der Waals surface area (Å²) in [6.07, 6.45) is -0.247. The normalized spacial score (nSPS) is 14.7. The van der Waals surface area contributed by atoms with Crippen LogP contribution < -0.4 is 5.32 Å². The van der Waals surface area contributed by atoms with Gasteiger partial charge in [-0.2, -0.15) is 0 Å². The Kier molecular flexibility index (Phi) is 6.35. The molecule has 6 aromatic carbocycles. The number of aromatic nitrogens is 1. The van der Waals surface area contributed by atoms with E-state index >= 15 is 0 Å².